The second-order valence-corrected chi connectivity index (χ2v) is 9.45. The Hall–Kier alpha value is -1.50. The first-order valence-corrected chi connectivity index (χ1v) is 10.5. The fourth-order valence-corrected chi connectivity index (χ4v) is 5.27. The predicted octanol–water partition coefficient (Wildman–Crippen LogP) is 2.56. The minimum absolute atomic E-state index is 0.0344. The molecule has 6 heteroatoms. The molecule has 164 valence electrons. The van der Waals surface area contributed by atoms with Crippen LogP contribution in [-0.2, 0) is 14.3 Å². The van der Waals surface area contributed by atoms with Gasteiger partial charge in [-0.1, -0.05) is 31.9 Å². The Morgan fingerprint density at radius 2 is 1.97 bits per heavy atom. The molecule has 0 aromatic heterocycles. The molecule has 2 rings (SSSR count). The number of rotatable bonds is 7. The van der Waals surface area contributed by atoms with Crippen LogP contribution < -0.4 is 0 Å². The molecule has 29 heavy (non-hydrogen) atoms. The summed E-state index contributed by atoms with van der Waals surface area (Å²) in [7, 11) is 0. The third kappa shape index (κ3) is 4.81. The summed E-state index contributed by atoms with van der Waals surface area (Å²) in [5.74, 6) is -0.269. The van der Waals surface area contributed by atoms with Gasteiger partial charge in [-0.05, 0) is 61.9 Å². The second kappa shape index (κ2) is 9.11. The van der Waals surface area contributed by atoms with E-state index in [9.17, 15) is 14.7 Å². The Morgan fingerprint density at radius 3 is 2.55 bits per heavy atom. The number of carbonyl (C=O) groups is 2. The molecule has 3 N–H and O–H groups in total. The lowest BCUT2D eigenvalue weighted by molar-refractivity contribution is -0.147. The molecule has 0 aliphatic heterocycles. The summed E-state index contributed by atoms with van der Waals surface area (Å²) in [5, 5.41) is 28.9. The normalized spacial score (nSPS) is 35.3. The third-order valence-corrected chi connectivity index (χ3v) is 7.61. The van der Waals surface area contributed by atoms with Crippen molar-refractivity contribution in [2.75, 3.05) is 13.2 Å². The zero-order valence-electron chi connectivity index (χ0n) is 18.3. The molecule has 0 aromatic rings. The van der Waals surface area contributed by atoms with Crippen LogP contribution in [0, 0.1) is 22.7 Å². The summed E-state index contributed by atoms with van der Waals surface area (Å²) in [5.41, 5.74) is 1.41. The van der Waals surface area contributed by atoms with Crippen LogP contribution in [-0.4, -0.2) is 52.5 Å². The Labute approximate surface area is 173 Å². The zero-order valence-corrected chi connectivity index (χ0v) is 18.3. The Morgan fingerprint density at radius 1 is 1.34 bits per heavy atom. The number of allylic oxidation sites excluding steroid dienone is 3. The molecular formula is C23H36O6. The maximum Gasteiger partial charge on any atom is 0.331 e. The SMILES string of the molecule is CC(=CC(=O)OC(CO)CO)CCC1(C)C(C)C(O)CC2(C)C(C)=CC(=O)CC21. The molecule has 1 saturated carbocycles. The Kier molecular flexibility index (Phi) is 7.47. The van der Waals surface area contributed by atoms with Gasteiger partial charge in [-0.3, -0.25) is 4.79 Å². The lowest BCUT2D eigenvalue weighted by Crippen LogP contribution is -2.55. The van der Waals surface area contributed by atoms with Gasteiger partial charge in [0.1, 0.15) is 6.10 Å². The highest BCUT2D eigenvalue weighted by Crippen LogP contribution is 2.61. The van der Waals surface area contributed by atoms with Crippen molar-refractivity contribution in [1.82, 2.24) is 0 Å². The lowest BCUT2D eigenvalue weighted by atomic mass is 9.46. The topological polar surface area (TPSA) is 104 Å². The van der Waals surface area contributed by atoms with Crippen molar-refractivity contribution in [3.05, 3.63) is 23.3 Å². The van der Waals surface area contributed by atoms with E-state index in [1.807, 2.05) is 13.8 Å². The van der Waals surface area contributed by atoms with Gasteiger partial charge in [-0.25, -0.2) is 4.79 Å². The summed E-state index contributed by atoms with van der Waals surface area (Å²) in [4.78, 5) is 24.3. The monoisotopic (exact) mass is 408 g/mol. The van der Waals surface area contributed by atoms with Gasteiger partial charge in [0.25, 0.3) is 0 Å². The molecule has 0 spiro atoms. The molecule has 0 saturated heterocycles. The minimum Gasteiger partial charge on any atom is -0.454 e. The van der Waals surface area contributed by atoms with Gasteiger partial charge in [0.2, 0.25) is 0 Å². The number of esters is 1. The maximum absolute atomic E-state index is 12.3. The van der Waals surface area contributed by atoms with Gasteiger partial charge in [0.15, 0.2) is 5.78 Å². The van der Waals surface area contributed by atoms with Crippen molar-refractivity contribution in [2.24, 2.45) is 22.7 Å². The summed E-state index contributed by atoms with van der Waals surface area (Å²) in [6.45, 7) is 9.36. The van der Waals surface area contributed by atoms with Gasteiger partial charge < -0.3 is 20.1 Å². The highest BCUT2D eigenvalue weighted by Gasteiger charge is 2.57. The van der Waals surface area contributed by atoms with Crippen LogP contribution in [0.15, 0.2) is 23.3 Å². The van der Waals surface area contributed by atoms with E-state index in [-0.39, 0.29) is 28.4 Å². The van der Waals surface area contributed by atoms with E-state index in [0.717, 1.165) is 17.6 Å². The van der Waals surface area contributed by atoms with Crippen LogP contribution in [0.1, 0.15) is 60.3 Å². The molecule has 2 aliphatic rings. The van der Waals surface area contributed by atoms with E-state index in [1.54, 1.807) is 6.08 Å². The number of fused-ring (bicyclic) bond motifs is 1. The predicted molar refractivity (Wildman–Crippen MR) is 110 cm³/mol. The molecule has 0 aromatic carbocycles. The summed E-state index contributed by atoms with van der Waals surface area (Å²) >= 11 is 0. The van der Waals surface area contributed by atoms with Crippen LogP contribution in [0.2, 0.25) is 0 Å². The van der Waals surface area contributed by atoms with Crippen molar-refractivity contribution >= 4 is 11.8 Å². The first-order chi connectivity index (χ1) is 13.5. The number of ether oxygens (including phenoxy) is 1. The van der Waals surface area contributed by atoms with E-state index in [0.29, 0.717) is 19.3 Å². The van der Waals surface area contributed by atoms with Crippen molar-refractivity contribution in [3.8, 4) is 0 Å². The summed E-state index contributed by atoms with van der Waals surface area (Å²) in [6, 6.07) is 0. The number of ketones is 1. The third-order valence-electron chi connectivity index (χ3n) is 7.61. The number of aliphatic hydroxyl groups is 3. The average Bonchev–Trinajstić information content (AvgIpc) is 2.65. The molecule has 0 amide bonds. The number of hydrogen-bond acceptors (Lipinski definition) is 6. The molecule has 6 nitrogen and oxygen atoms in total. The molecule has 0 radical (unpaired) electrons. The van der Waals surface area contributed by atoms with Gasteiger partial charge >= 0.3 is 5.97 Å². The first-order valence-electron chi connectivity index (χ1n) is 10.5. The molecule has 5 unspecified atom stereocenters. The lowest BCUT2D eigenvalue weighted by Gasteiger charge is -2.59. The molecular weight excluding hydrogens is 372 g/mol. The van der Waals surface area contributed by atoms with Crippen molar-refractivity contribution in [2.45, 2.75) is 72.5 Å². The van der Waals surface area contributed by atoms with Gasteiger partial charge in [-0.2, -0.15) is 0 Å². The van der Waals surface area contributed by atoms with Gasteiger partial charge in [-0.15, -0.1) is 0 Å². The van der Waals surface area contributed by atoms with Gasteiger partial charge in [0.05, 0.1) is 19.3 Å². The van der Waals surface area contributed by atoms with Crippen molar-refractivity contribution < 1.29 is 29.6 Å². The summed E-state index contributed by atoms with van der Waals surface area (Å²) < 4.78 is 5.00. The van der Waals surface area contributed by atoms with Crippen molar-refractivity contribution in [1.29, 1.82) is 0 Å². The molecule has 0 bridgehead atoms. The van der Waals surface area contributed by atoms with Gasteiger partial charge in [0, 0.05) is 12.5 Å². The largest absolute Gasteiger partial charge is 0.454 e. The number of aliphatic hydroxyl groups excluding tert-OH is 3. The van der Waals surface area contributed by atoms with Crippen LogP contribution in [0.25, 0.3) is 0 Å². The Balaban J connectivity index is 2.18. The van der Waals surface area contributed by atoms with E-state index < -0.39 is 31.4 Å². The van der Waals surface area contributed by atoms with E-state index >= 15 is 0 Å². The van der Waals surface area contributed by atoms with Crippen LogP contribution in [0.5, 0.6) is 0 Å². The average molecular weight is 409 g/mol. The van der Waals surface area contributed by atoms with Crippen LogP contribution in [0.4, 0.5) is 0 Å². The number of carbonyl (C=O) groups excluding carboxylic acids is 2. The fourth-order valence-electron chi connectivity index (χ4n) is 5.27. The first kappa shape index (κ1) is 23.8. The van der Waals surface area contributed by atoms with E-state index in [2.05, 4.69) is 20.8 Å². The minimum atomic E-state index is -0.915. The zero-order chi connectivity index (χ0) is 22.0. The highest BCUT2D eigenvalue weighted by atomic mass is 16.6. The Bertz CT molecular complexity index is 691. The standard InChI is InChI=1S/C23H36O6/c1-14(8-21(28)29-18(12-24)13-25)6-7-22(4)16(3)19(27)11-23(5)15(2)9-17(26)10-20(22)23/h8-9,16,18-20,24-25,27H,6-7,10-13H2,1-5H3. The smallest absolute Gasteiger partial charge is 0.331 e. The second-order valence-electron chi connectivity index (χ2n) is 9.45. The van der Waals surface area contributed by atoms with Crippen LogP contribution >= 0.6 is 0 Å². The fraction of sp³-hybridized carbons (Fsp3) is 0.739. The maximum atomic E-state index is 12.3. The molecule has 2 aliphatic carbocycles. The highest BCUT2D eigenvalue weighted by molar-refractivity contribution is 5.92. The quantitative estimate of drug-likeness (QED) is 0.442. The molecule has 5 atom stereocenters. The van der Waals surface area contributed by atoms with E-state index in [1.165, 1.54) is 6.08 Å². The molecule has 0 heterocycles. The molecule has 1 fully saturated rings. The summed E-state index contributed by atoms with van der Waals surface area (Å²) in [6.07, 6.45) is 4.29. The van der Waals surface area contributed by atoms with Crippen LogP contribution in [0.3, 0.4) is 0 Å². The van der Waals surface area contributed by atoms with Crippen molar-refractivity contribution in [3.63, 3.8) is 0 Å². The van der Waals surface area contributed by atoms with E-state index in [4.69, 9.17) is 14.9 Å². The number of hydrogen-bond donors (Lipinski definition) is 3.